The van der Waals surface area contributed by atoms with Crippen LogP contribution in [0.3, 0.4) is 0 Å². The van der Waals surface area contributed by atoms with E-state index in [0.717, 1.165) is 23.9 Å². The maximum atomic E-state index is 12.4. The Morgan fingerprint density at radius 1 is 1.00 bits per heavy atom. The Morgan fingerprint density at radius 3 is 1.90 bits per heavy atom. The number of quaternary nitrogens is 1. The lowest BCUT2D eigenvalue weighted by molar-refractivity contribution is -0.906. The minimum Gasteiger partial charge on any atom is -0.413 e. The van der Waals surface area contributed by atoms with Crippen LogP contribution in [0.15, 0.2) is 0 Å². The summed E-state index contributed by atoms with van der Waals surface area (Å²) in [7, 11) is 1.71. The molecule has 0 aliphatic heterocycles. The maximum absolute atomic E-state index is 12.4. The van der Waals surface area contributed by atoms with Crippen molar-refractivity contribution in [1.82, 2.24) is 0 Å². The van der Waals surface area contributed by atoms with Gasteiger partial charge in [-0.15, -0.1) is 0 Å². The molecule has 0 radical (unpaired) electrons. The first kappa shape index (κ1) is 29.0. The van der Waals surface area contributed by atoms with Crippen LogP contribution in [0.25, 0.3) is 0 Å². The second-order valence-electron chi connectivity index (χ2n) is 13.0. The zero-order valence-corrected chi connectivity index (χ0v) is 24.3. The average molecular weight is 445 g/mol. The summed E-state index contributed by atoms with van der Waals surface area (Å²) in [6.45, 7) is 26.7. The summed E-state index contributed by atoms with van der Waals surface area (Å²) in [4.78, 5) is 12.4. The largest absolute Gasteiger partial charge is 0.413 e. The van der Waals surface area contributed by atoms with E-state index >= 15 is 0 Å². The van der Waals surface area contributed by atoms with Crippen molar-refractivity contribution in [3.8, 4) is 0 Å². The second-order valence-corrected chi connectivity index (χ2v) is 23.0. The molecule has 0 spiro atoms. The molecule has 2 atom stereocenters. The Balaban J connectivity index is 5.33. The van der Waals surface area contributed by atoms with Crippen molar-refractivity contribution < 1.29 is 13.7 Å². The van der Waals surface area contributed by atoms with E-state index < -0.39 is 16.4 Å². The highest BCUT2D eigenvalue weighted by Crippen LogP contribution is 2.42. The molecule has 0 saturated carbocycles. The molecule has 0 heterocycles. The summed E-state index contributed by atoms with van der Waals surface area (Å²) in [5.41, 5.74) is 0.220. The molecule has 174 valence electrons. The van der Waals surface area contributed by atoms with E-state index in [1.807, 2.05) is 6.92 Å². The van der Waals surface area contributed by atoms with Gasteiger partial charge in [0.05, 0.1) is 26.2 Å². The van der Waals surface area contributed by atoms with Crippen LogP contribution < -0.4 is 0 Å². The molecule has 0 saturated heterocycles. The summed E-state index contributed by atoms with van der Waals surface area (Å²) in [5.74, 6) is 0.409. The third-order valence-corrected chi connectivity index (χ3v) is 8.94. The topological polar surface area (TPSA) is 26.3 Å². The third-order valence-electron chi connectivity index (χ3n) is 5.86. The Morgan fingerprint density at radius 2 is 1.52 bits per heavy atom. The fourth-order valence-corrected chi connectivity index (χ4v) is 10.4. The van der Waals surface area contributed by atoms with Gasteiger partial charge in [0.25, 0.3) is 0 Å². The van der Waals surface area contributed by atoms with Gasteiger partial charge in [-0.25, -0.2) is 0 Å². The minimum atomic E-state index is -1.58. The number of carbonyl (C=O) groups is 1. The number of likely N-dealkylation sites (N-methyl/N-ethyl adjacent to an activating group) is 1. The highest BCUT2D eigenvalue weighted by atomic mass is 28.4. The van der Waals surface area contributed by atoms with Crippen molar-refractivity contribution in [2.45, 2.75) is 124 Å². The van der Waals surface area contributed by atoms with E-state index in [-0.39, 0.29) is 11.6 Å². The van der Waals surface area contributed by atoms with Crippen LogP contribution in [0.1, 0.15) is 66.7 Å². The summed E-state index contributed by atoms with van der Waals surface area (Å²) in [5, 5.41) is 0. The van der Waals surface area contributed by atoms with E-state index in [4.69, 9.17) is 4.43 Å². The van der Waals surface area contributed by atoms with E-state index in [9.17, 15) is 4.79 Å². The quantitative estimate of drug-likeness (QED) is 0.214. The van der Waals surface area contributed by atoms with Crippen molar-refractivity contribution >= 4 is 22.2 Å². The van der Waals surface area contributed by atoms with Crippen molar-refractivity contribution in [2.24, 2.45) is 5.41 Å². The fourth-order valence-electron chi connectivity index (χ4n) is 5.83. The molecule has 0 amide bonds. The number of Topliss-reactive ketones (excluding diaryl/α,β-unsaturated/α-hetero) is 1. The molecule has 0 aliphatic carbocycles. The van der Waals surface area contributed by atoms with Gasteiger partial charge < -0.3 is 8.91 Å². The molecule has 0 bridgehead atoms. The van der Waals surface area contributed by atoms with Crippen LogP contribution in [0.5, 0.6) is 0 Å². The molecule has 0 aromatic carbocycles. The molecular formula is C24H54NO2Si2+. The van der Waals surface area contributed by atoms with Crippen LogP contribution in [0.4, 0.5) is 0 Å². The standard InChI is InChI=1S/C24H54NO2Si2/c1-14-21(22(26)15-2)25(6,7)18-16-17-24(5,20-28(8,9)10)19-23(3,4)27-29(11,12)13/h21H,14-20H2,1-13H3/q+1. The Hall–Kier alpha value is 0.0238. The lowest BCUT2D eigenvalue weighted by Crippen LogP contribution is -2.53. The molecule has 0 fully saturated rings. The van der Waals surface area contributed by atoms with E-state index in [1.54, 1.807) is 0 Å². The van der Waals surface area contributed by atoms with Crippen molar-refractivity contribution in [2.75, 3.05) is 20.6 Å². The summed E-state index contributed by atoms with van der Waals surface area (Å²) in [6.07, 6.45) is 5.09. The van der Waals surface area contributed by atoms with Gasteiger partial charge in [-0.3, -0.25) is 4.79 Å². The highest BCUT2D eigenvalue weighted by Gasteiger charge is 2.39. The molecule has 3 nitrogen and oxygen atoms in total. The van der Waals surface area contributed by atoms with Gasteiger partial charge >= 0.3 is 0 Å². The van der Waals surface area contributed by atoms with E-state index in [2.05, 4.69) is 81.1 Å². The van der Waals surface area contributed by atoms with E-state index in [1.165, 1.54) is 18.9 Å². The number of nitrogens with zero attached hydrogens (tertiary/aromatic N) is 1. The molecule has 0 rings (SSSR count). The fraction of sp³-hybridized carbons (Fsp3) is 0.958. The van der Waals surface area contributed by atoms with Crippen LogP contribution in [-0.4, -0.2) is 58.9 Å². The normalized spacial score (nSPS) is 17.1. The van der Waals surface area contributed by atoms with Crippen molar-refractivity contribution in [1.29, 1.82) is 0 Å². The zero-order chi connectivity index (χ0) is 23.3. The SMILES string of the molecule is CCC(=O)C(CC)[N+](C)(C)CCCC(C)(CC(C)(C)O[Si](C)(C)C)C[Si](C)(C)C. The molecule has 29 heavy (non-hydrogen) atoms. The number of hydrogen-bond acceptors (Lipinski definition) is 2. The third kappa shape index (κ3) is 11.8. The summed E-state index contributed by atoms with van der Waals surface area (Å²) in [6, 6.07) is 1.46. The van der Waals surface area contributed by atoms with Gasteiger partial charge in [-0.1, -0.05) is 46.5 Å². The summed E-state index contributed by atoms with van der Waals surface area (Å²) >= 11 is 0. The minimum absolute atomic E-state index is 0.0760. The van der Waals surface area contributed by atoms with Crippen LogP contribution in [0.2, 0.25) is 45.3 Å². The first-order valence-electron chi connectivity index (χ1n) is 11.8. The number of rotatable bonds is 14. The van der Waals surface area contributed by atoms with Gasteiger partial charge in [0.15, 0.2) is 14.1 Å². The molecule has 0 aromatic rings. The van der Waals surface area contributed by atoms with Crippen LogP contribution >= 0.6 is 0 Å². The van der Waals surface area contributed by atoms with Crippen LogP contribution in [-0.2, 0) is 9.22 Å². The van der Waals surface area contributed by atoms with Gasteiger partial charge in [-0.2, -0.15) is 0 Å². The molecular weight excluding hydrogens is 390 g/mol. The second kappa shape index (κ2) is 10.6. The highest BCUT2D eigenvalue weighted by molar-refractivity contribution is 6.76. The van der Waals surface area contributed by atoms with Crippen molar-refractivity contribution in [3.63, 3.8) is 0 Å². The van der Waals surface area contributed by atoms with Gasteiger partial charge in [0.2, 0.25) is 0 Å². The van der Waals surface area contributed by atoms with Gasteiger partial charge in [0.1, 0.15) is 6.04 Å². The molecule has 0 aliphatic rings. The molecule has 0 aromatic heterocycles. The first-order valence-corrected chi connectivity index (χ1v) is 18.9. The Bertz CT molecular complexity index is 518. The molecule has 2 unspecified atom stereocenters. The molecule has 5 heteroatoms. The van der Waals surface area contributed by atoms with Gasteiger partial charge in [-0.05, 0) is 58.2 Å². The van der Waals surface area contributed by atoms with Crippen molar-refractivity contribution in [3.05, 3.63) is 0 Å². The summed E-state index contributed by atoms with van der Waals surface area (Å²) < 4.78 is 7.41. The lowest BCUT2D eigenvalue weighted by Gasteiger charge is -2.44. The number of hydrogen-bond donors (Lipinski definition) is 0. The smallest absolute Gasteiger partial charge is 0.189 e. The average Bonchev–Trinajstić information content (AvgIpc) is 2.40. The Labute approximate surface area is 185 Å². The van der Waals surface area contributed by atoms with E-state index in [0.29, 0.717) is 17.6 Å². The van der Waals surface area contributed by atoms with Crippen LogP contribution in [0, 0.1) is 5.41 Å². The first-order chi connectivity index (χ1) is 12.8. The Kier molecular flexibility index (Phi) is 10.6. The monoisotopic (exact) mass is 444 g/mol. The lowest BCUT2D eigenvalue weighted by atomic mass is 9.78. The number of carbonyl (C=O) groups excluding carboxylic acids is 1. The predicted octanol–water partition coefficient (Wildman–Crippen LogP) is 6.97. The zero-order valence-electron chi connectivity index (χ0n) is 22.3. The predicted molar refractivity (Wildman–Crippen MR) is 135 cm³/mol. The maximum Gasteiger partial charge on any atom is 0.189 e. The van der Waals surface area contributed by atoms with Gasteiger partial charge in [0, 0.05) is 20.9 Å². The molecule has 0 N–H and O–H groups in total. The number of ketones is 1.